The van der Waals surface area contributed by atoms with E-state index in [4.69, 9.17) is 0 Å². The Kier molecular flexibility index (Phi) is 4.99. The zero-order chi connectivity index (χ0) is 15.5. The Hall–Kier alpha value is -1.42. The van der Waals surface area contributed by atoms with Gasteiger partial charge in [-0.15, -0.1) is 0 Å². The molecule has 3 nitrogen and oxygen atoms in total. The van der Waals surface area contributed by atoms with Gasteiger partial charge < -0.3 is 5.11 Å². The summed E-state index contributed by atoms with van der Waals surface area (Å²) >= 11 is 0. The summed E-state index contributed by atoms with van der Waals surface area (Å²) < 4.78 is 12.9. The van der Waals surface area contributed by atoms with Crippen molar-refractivity contribution in [3.05, 3.63) is 35.6 Å². The summed E-state index contributed by atoms with van der Waals surface area (Å²) in [6.07, 6.45) is 3.18. The van der Waals surface area contributed by atoms with Crippen molar-refractivity contribution >= 4 is 5.97 Å². The van der Waals surface area contributed by atoms with Crippen molar-refractivity contribution in [2.45, 2.75) is 45.6 Å². The van der Waals surface area contributed by atoms with Crippen molar-refractivity contribution in [3.63, 3.8) is 0 Å². The van der Waals surface area contributed by atoms with Crippen LogP contribution in [0.1, 0.15) is 38.7 Å². The maximum absolute atomic E-state index is 12.9. The van der Waals surface area contributed by atoms with Crippen LogP contribution in [-0.4, -0.2) is 35.1 Å². The molecule has 1 saturated heterocycles. The van der Waals surface area contributed by atoms with Crippen LogP contribution in [0.25, 0.3) is 0 Å². The number of halogens is 1. The Bertz CT molecular complexity index is 488. The predicted octanol–water partition coefficient (Wildman–Crippen LogP) is 3.33. The molecule has 1 heterocycles. The lowest BCUT2D eigenvalue weighted by Crippen LogP contribution is -2.38. The van der Waals surface area contributed by atoms with Crippen molar-refractivity contribution in [1.29, 1.82) is 0 Å². The number of likely N-dealkylation sites (tertiary alicyclic amines) is 1. The Morgan fingerprint density at radius 2 is 2.10 bits per heavy atom. The van der Waals surface area contributed by atoms with Crippen molar-refractivity contribution in [2.24, 2.45) is 5.41 Å². The molecule has 0 spiro atoms. The van der Waals surface area contributed by atoms with Crippen molar-refractivity contribution in [1.82, 2.24) is 4.90 Å². The molecular weight excluding hydrogens is 269 g/mol. The first-order valence-electron chi connectivity index (χ1n) is 7.69. The van der Waals surface area contributed by atoms with E-state index in [1.807, 2.05) is 6.92 Å². The maximum atomic E-state index is 12.9. The Labute approximate surface area is 125 Å². The van der Waals surface area contributed by atoms with Gasteiger partial charge in [0.15, 0.2) is 0 Å². The van der Waals surface area contributed by atoms with Crippen molar-refractivity contribution in [3.8, 4) is 0 Å². The van der Waals surface area contributed by atoms with E-state index in [1.54, 1.807) is 12.1 Å². The highest BCUT2D eigenvalue weighted by Gasteiger charge is 2.44. The topological polar surface area (TPSA) is 40.5 Å². The molecule has 0 saturated carbocycles. The molecule has 1 aliphatic heterocycles. The quantitative estimate of drug-likeness (QED) is 0.874. The summed E-state index contributed by atoms with van der Waals surface area (Å²) in [5.41, 5.74) is 0.512. The molecule has 4 heteroatoms. The number of carboxylic acid groups (broad SMARTS) is 1. The number of nitrogens with zero attached hydrogens (tertiary/aromatic N) is 1. The van der Waals surface area contributed by atoms with Gasteiger partial charge in [-0.2, -0.15) is 0 Å². The lowest BCUT2D eigenvalue weighted by Gasteiger charge is -2.28. The van der Waals surface area contributed by atoms with E-state index in [0.29, 0.717) is 6.54 Å². The zero-order valence-electron chi connectivity index (χ0n) is 12.8. The fraction of sp³-hybridized carbons (Fsp3) is 0.588. The molecule has 1 aliphatic rings. The summed E-state index contributed by atoms with van der Waals surface area (Å²) in [5, 5.41) is 9.55. The first-order valence-corrected chi connectivity index (χ1v) is 7.69. The van der Waals surface area contributed by atoms with Crippen LogP contribution in [0.5, 0.6) is 0 Å². The minimum Gasteiger partial charge on any atom is -0.481 e. The molecule has 1 N–H and O–H groups in total. The van der Waals surface area contributed by atoms with Gasteiger partial charge in [-0.1, -0.05) is 25.5 Å². The van der Waals surface area contributed by atoms with E-state index in [9.17, 15) is 14.3 Å². The van der Waals surface area contributed by atoms with Crippen LogP contribution in [0.4, 0.5) is 4.39 Å². The molecule has 116 valence electrons. The van der Waals surface area contributed by atoms with Crippen LogP contribution in [-0.2, 0) is 11.2 Å². The predicted molar refractivity (Wildman–Crippen MR) is 80.7 cm³/mol. The first-order chi connectivity index (χ1) is 9.97. The minimum absolute atomic E-state index is 0.222. The molecule has 0 bridgehead atoms. The van der Waals surface area contributed by atoms with Gasteiger partial charge in [-0.3, -0.25) is 9.69 Å². The van der Waals surface area contributed by atoms with Gasteiger partial charge in [0, 0.05) is 12.6 Å². The molecule has 0 aromatic heterocycles. The second kappa shape index (κ2) is 6.56. The molecule has 1 fully saturated rings. The fourth-order valence-corrected chi connectivity index (χ4v) is 3.34. The molecule has 21 heavy (non-hydrogen) atoms. The highest BCUT2D eigenvalue weighted by atomic mass is 19.1. The maximum Gasteiger partial charge on any atom is 0.310 e. The average Bonchev–Trinajstić information content (AvgIpc) is 2.88. The number of hydrogen-bond donors (Lipinski definition) is 1. The van der Waals surface area contributed by atoms with Crippen LogP contribution in [0.3, 0.4) is 0 Å². The van der Waals surface area contributed by atoms with Crippen LogP contribution >= 0.6 is 0 Å². The van der Waals surface area contributed by atoms with Crippen LogP contribution in [0.2, 0.25) is 0 Å². The molecular formula is C17H24FNO2. The summed E-state index contributed by atoms with van der Waals surface area (Å²) in [6, 6.07) is 6.83. The van der Waals surface area contributed by atoms with Crippen LogP contribution in [0, 0.1) is 11.2 Å². The van der Waals surface area contributed by atoms with Gasteiger partial charge in [-0.05, 0) is 50.4 Å². The molecule has 0 aliphatic carbocycles. The third kappa shape index (κ3) is 3.62. The van der Waals surface area contributed by atoms with E-state index in [2.05, 4.69) is 11.8 Å². The smallest absolute Gasteiger partial charge is 0.310 e. The van der Waals surface area contributed by atoms with Crippen LogP contribution in [0.15, 0.2) is 24.3 Å². The third-order valence-electron chi connectivity index (χ3n) is 4.63. The number of hydrogen-bond acceptors (Lipinski definition) is 2. The van der Waals surface area contributed by atoms with Gasteiger partial charge in [-0.25, -0.2) is 4.39 Å². The highest BCUT2D eigenvalue weighted by Crippen LogP contribution is 2.36. The number of benzene rings is 1. The highest BCUT2D eigenvalue weighted by molar-refractivity contribution is 5.75. The summed E-state index contributed by atoms with van der Waals surface area (Å²) in [6.45, 7) is 5.61. The van der Waals surface area contributed by atoms with E-state index in [1.165, 1.54) is 12.1 Å². The zero-order valence-corrected chi connectivity index (χ0v) is 12.8. The van der Waals surface area contributed by atoms with E-state index in [-0.39, 0.29) is 11.9 Å². The fourth-order valence-electron chi connectivity index (χ4n) is 3.34. The van der Waals surface area contributed by atoms with Gasteiger partial charge in [0.2, 0.25) is 0 Å². The normalized spacial score (nSPS) is 24.1. The number of carboxylic acids is 1. The molecule has 0 radical (unpaired) electrons. The largest absolute Gasteiger partial charge is 0.481 e. The standard InChI is InChI=1S/C17H24FNO2/c1-3-8-17(16(20)21)9-10-19(12-17)13(2)11-14-4-6-15(18)7-5-14/h4-7,13H,3,8-12H2,1-2H3,(H,20,21). The summed E-state index contributed by atoms with van der Waals surface area (Å²) in [7, 11) is 0. The Morgan fingerprint density at radius 1 is 1.43 bits per heavy atom. The molecule has 2 atom stereocenters. The minimum atomic E-state index is -0.666. The van der Waals surface area contributed by atoms with Gasteiger partial charge in [0.05, 0.1) is 5.41 Å². The van der Waals surface area contributed by atoms with Crippen LogP contribution < -0.4 is 0 Å². The first kappa shape index (κ1) is 16.0. The van der Waals surface area contributed by atoms with E-state index < -0.39 is 11.4 Å². The number of carbonyl (C=O) groups is 1. The lowest BCUT2D eigenvalue weighted by atomic mass is 9.82. The molecule has 2 rings (SSSR count). The summed E-state index contributed by atoms with van der Waals surface area (Å²) in [4.78, 5) is 13.9. The molecule has 1 aromatic carbocycles. The second-order valence-electron chi connectivity index (χ2n) is 6.24. The molecule has 2 unspecified atom stereocenters. The van der Waals surface area contributed by atoms with Gasteiger partial charge in [0.1, 0.15) is 5.82 Å². The average molecular weight is 293 g/mol. The van der Waals surface area contributed by atoms with Crippen molar-refractivity contribution in [2.75, 3.05) is 13.1 Å². The summed E-state index contributed by atoms with van der Waals surface area (Å²) in [5.74, 6) is -0.888. The molecule has 1 aromatic rings. The number of rotatable bonds is 6. The monoisotopic (exact) mass is 293 g/mol. The molecule has 0 amide bonds. The number of aliphatic carboxylic acids is 1. The van der Waals surface area contributed by atoms with Gasteiger partial charge in [0.25, 0.3) is 0 Å². The van der Waals surface area contributed by atoms with Gasteiger partial charge >= 0.3 is 5.97 Å². The SMILES string of the molecule is CCCC1(C(=O)O)CCN(C(C)Cc2ccc(F)cc2)C1. The van der Waals surface area contributed by atoms with Crippen molar-refractivity contribution < 1.29 is 14.3 Å². The third-order valence-corrected chi connectivity index (χ3v) is 4.63. The Balaban J connectivity index is 1.99. The second-order valence-corrected chi connectivity index (χ2v) is 6.24. The Morgan fingerprint density at radius 3 is 2.67 bits per heavy atom. The lowest BCUT2D eigenvalue weighted by molar-refractivity contribution is -0.148. The van der Waals surface area contributed by atoms with E-state index >= 15 is 0 Å². The van der Waals surface area contributed by atoms with E-state index in [0.717, 1.165) is 37.8 Å².